The molecule has 0 atom stereocenters. The molecule has 16 heavy (non-hydrogen) atoms. The van der Waals surface area contributed by atoms with Gasteiger partial charge in [0.2, 0.25) is 0 Å². The molecule has 3 heteroatoms. The van der Waals surface area contributed by atoms with Gasteiger partial charge in [0.15, 0.2) is 0 Å². The Morgan fingerprint density at radius 2 is 1.81 bits per heavy atom. The molecule has 0 aromatic rings. The third-order valence-corrected chi connectivity index (χ3v) is 3.93. The Morgan fingerprint density at radius 1 is 1.12 bits per heavy atom. The van der Waals surface area contributed by atoms with E-state index >= 15 is 0 Å². The highest BCUT2D eigenvalue weighted by Gasteiger charge is 2.23. The third kappa shape index (κ3) is 4.04. The van der Waals surface area contributed by atoms with E-state index in [2.05, 4.69) is 11.9 Å². The van der Waals surface area contributed by atoms with E-state index in [0.717, 1.165) is 51.4 Å². The molecular weight excluding hydrogens is 202 g/mol. The lowest BCUT2D eigenvalue weighted by Crippen LogP contribution is -2.38. The normalized spacial score (nSPS) is 30.9. The molecule has 0 aliphatic heterocycles. The number of hydrogen-bond donors (Lipinski definition) is 1. The first-order valence-electron chi connectivity index (χ1n) is 6.71. The number of likely N-dealkylation sites (N-methyl/N-ethyl adjacent to an activating group) is 1. The zero-order valence-corrected chi connectivity index (χ0v) is 10.4. The van der Waals surface area contributed by atoms with Crippen molar-refractivity contribution < 1.29 is 9.84 Å². The van der Waals surface area contributed by atoms with E-state index in [0.29, 0.717) is 6.04 Å². The van der Waals surface area contributed by atoms with Gasteiger partial charge in [-0.2, -0.15) is 0 Å². The van der Waals surface area contributed by atoms with Crippen LogP contribution in [-0.4, -0.2) is 49.0 Å². The lowest BCUT2D eigenvalue weighted by Gasteiger charge is -2.32. The Bertz CT molecular complexity index is 198. The minimum absolute atomic E-state index is 0.0456. The van der Waals surface area contributed by atoms with Crippen molar-refractivity contribution >= 4 is 0 Å². The molecular formula is C13H25NO2. The van der Waals surface area contributed by atoms with Crippen LogP contribution in [0.25, 0.3) is 0 Å². The minimum Gasteiger partial charge on any atom is -0.393 e. The van der Waals surface area contributed by atoms with E-state index < -0.39 is 0 Å². The second-order valence-corrected chi connectivity index (χ2v) is 5.46. The maximum Gasteiger partial charge on any atom is 0.0593 e. The van der Waals surface area contributed by atoms with Crippen LogP contribution in [0.15, 0.2) is 0 Å². The molecule has 2 fully saturated rings. The maximum atomic E-state index is 9.45. The van der Waals surface area contributed by atoms with Gasteiger partial charge in [0, 0.05) is 19.2 Å². The molecule has 0 bridgehead atoms. The Balaban J connectivity index is 1.53. The maximum absolute atomic E-state index is 9.45. The van der Waals surface area contributed by atoms with E-state index in [4.69, 9.17) is 4.74 Å². The Hall–Kier alpha value is -0.120. The van der Waals surface area contributed by atoms with Crippen molar-refractivity contribution in [2.75, 3.05) is 26.8 Å². The van der Waals surface area contributed by atoms with E-state index in [-0.39, 0.29) is 6.10 Å². The molecule has 1 N–H and O–H groups in total. The van der Waals surface area contributed by atoms with Gasteiger partial charge in [-0.05, 0) is 51.5 Å². The van der Waals surface area contributed by atoms with Gasteiger partial charge in [0.25, 0.3) is 0 Å². The van der Waals surface area contributed by atoms with Gasteiger partial charge in [-0.3, -0.25) is 0 Å². The highest BCUT2D eigenvalue weighted by Crippen LogP contribution is 2.28. The standard InChI is InChI=1S/C13H25NO2/c1-14(8-9-16-10-11-2-3-11)12-4-6-13(15)7-5-12/h11-13,15H,2-10H2,1H3. The summed E-state index contributed by atoms with van der Waals surface area (Å²) in [6.45, 7) is 2.87. The van der Waals surface area contributed by atoms with Crippen LogP contribution in [0, 0.1) is 5.92 Å². The van der Waals surface area contributed by atoms with Crippen molar-refractivity contribution in [1.82, 2.24) is 4.90 Å². The molecule has 3 nitrogen and oxygen atoms in total. The number of aliphatic hydroxyl groups excluding tert-OH is 1. The SMILES string of the molecule is CN(CCOCC1CC1)C1CCC(O)CC1. The Morgan fingerprint density at radius 3 is 2.44 bits per heavy atom. The van der Waals surface area contributed by atoms with Gasteiger partial charge in [-0.15, -0.1) is 0 Å². The van der Waals surface area contributed by atoms with Gasteiger partial charge < -0.3 is 14.7 Å². The molecule has 0 radical (unpaired) electrons. The molecule has 0 heterocycles. The fraction of sp³-hybridized carbons (Fsp3) is 1.00. The lowest BCUT2D eigenvalue weighted by molar-refractivity contribution is 0.0585. The lowest BCUT2D eigenvalue weighted by atomic mass is 9.92. The van der Waals surface area contributed by atoms with Crippen LogP contribution in [0.5, 0.6) is 0 Å². The van der Waals surface area contributed by atoms with Gasteiger partial charge in [0.1, 0.15) is 0 Å². The average molecular weight is 227 g/mol. The second-order valence-electron chi connectivity index (χ2n) is 5.46. The fourth-order valence-electron chi connectivity index (χ4n) is 2.42. The summed E-state index contributed by atoms with van der Waals surface area (Å²) in [6.07, 6.45) is 6.92. The van der Waals surface area contributed by atoms with E-state index in [1.165, 1.54) is 12.8 Å². The van der Waals surface area contributed by atoms with Crippen molar-refractivity contribution in [3.05, 3.63) is 0 Å². The van der Waals surface area contributed by atoms with E-state index in [1.54, 1.807) is 0 Å². The van der Waals surface area contributed by atoms with Gasteiger partial charge >= 0.3 is 0 Å². The predicted octanol–water partition coefficient (Wildman–Crippen LogP) is 1.65. The summed E-state index contributed by atoms with van der Waals surface area (Å²) in [7, 11) is 2.18. The molecule has 0 spiro atoms. The smallest absolute Gasteiger partial charge is 0.0593 e. The number of nitrogens with zero attached hydrogens (tertiary/aromatic N) is 1. The fourth-order valence-corrected chi connectivity index (χ4v) is 2.42. The van der Waals surface area contributed by atoms with E-state index in [1.807, 2.05) is 0 Å². The quantitative estimate of drug-likeness (QED) is 0.700. The van der Waals surface area contributed by atoms with Crippen LogP contribution in [0.3, 0.4) is 0 Å². The van der Waals surface area contributed by atoms with E-state index in [9.17, 15) is 5.11 Å². The van der Waals surface area contributed by atoms with Crippen molar-refractivity contribution in [2.45, 2.75) is 50.7 Å². The first kappa shape index (κ1) is 12.3. The molecule has 2 aliphatic carbocycles. The number of aliphatic hydroxyl groups is 1. The Kier molecular flexibility index (Phi) is 4.62. The monoisotopic (exact) mass is 227 g/mol. The second kappa shape index (κ2) is 5.99. The van der Waals surface area contributed by atoms with Crippen LogP contribution in [0.4, 0.5) is 0 Å². The van der Waals surface area contributed by atoms with Gasteiger partial charge in [0.05, 0.1) is 12.7 Å². The molecule has 2 saturated carbocycles. The first-order valence-corrected chi connectivity index (χ1v) is 6.71. The summed E-state index contributed by atoms with van der Waals surface area (Å²) < 4.78 is 5.65. The summed E-state index contributed by atoms with van der Waals surface area (Å²) in [5.41, 5.74) is 0. The van der Waals surface area contributed by atoms with Crippen LogP contribution in [0.2, 0.25) is 0 Å². The zero-order valence-electron chi connectivity index (χ0n) is 10.4. The molecule has 0 aromatic carbocycles. The van der Waals surface area contributed by atoms with Crippen molar-refractivity contribution in [3.8, 4) is 0 Å². The van der Waals surface area contributed by atoms with Gasteiger partial charge in [-0.25, -0.2) is 0 Å². The third-order valence-electron chi connectivity index (χ3n) is 3.93. The van der Waals surface area contributed by atoms with Crippen LogP contribution >= 0.6 is 0 Å². The largest absolute Gasteiger partial charge is 0.393 e. The summed E-state index contributed by atoms with van der Waals surface area (Å²) >= 11 is 0. The van der Waals surface area contributed by atoms with Crippen LogP contribution in [-0.2, 0) is 4.74 Å². The molecule has 94 valence electrons. The topological polar surface area (TPSA) is 32.7 Å². The number of ether oxygens (including phenoxy) is 1. The van der Waals surface area contributed by atoms with Crippen molar-refractivity contribution in [1.29, 1.82) is 0 Å². The summed E-state index contributed by atoms with van der Waals surface area (Å²) in [5, 5.41) is 9.45. The Labute approximate surface area is 98.8 Å². The number of rotatable bonds is 6. The molecule has 2 aliphatic rings. The molecule has 0 aromatic heterocycles. The van der Waals surface area contributed by atoms with Crippen LogP contribution in [0.1, 0.15) is 38.5 Å². The summed E-state index contributed by atoms with van der Waals surface area (Å²) in [4.78, 5) is 2.40. The number of hydrogen-bond acceptors (Lipinski definition) is 3. The molecule has 2 rings (SSSR count). The summed E-state index contributed by atoms with van der Waals surface area (Å²) in [6, 6.07) is 0.660. The molecule has 0 amide bonds. The molecule has 0 saturated heterocycles. The molecule has 0 unspecified atom stereocenters. The predicted molar refractivity (Wildman–Crippen MR) is 64.4 cm³/mol. The van der Waals surface area contributed by atoms with Crippen molar-refractivity contribution in [2.24, 2.45) is 5.92 Å². The van der Waals surface area contributed by atoms with Crippen LogP contribution < -0.4 is 0 Å². The van der Waals surface area contributed by atoms with Gasteiger partial charge in [-0.1, -0.05) is 0 Å². The summed E-state index contributed by atoms with van der Waals surface area (Å²) in [5.74, 6) is 0.870. The minimum atomic E-state index is -0.0456. The highest BCUT2D eigenvalue weighted by molar-refractivity contribution is 4.77. The van der Waals surface area contributed by atoms with Crippen molar-refractivity contribution in [3.63, 3.8) is 0 Å². The highest BCUT2D eigenvalue weighted by atomic mass is 16.5. The average Bonchev–Trinajstić information content (AvgIpc) is 3.09. The zero-order chi connectivity index (χ0) is 11.4. The first-order chi connectivity index (χ1) is 7.75.